The van der Waals surface area contributed by atoms with E-state index in [2.05, 4.69) is 10.3 Å². The molecular formula is C17H23F2N3O2. The summed E-state index contributed by atoms with van der Waals surface area (Å²) in [5.74, 6) is 0.557. The molecule has 7 heteroatoms. The third kappa shape index (κ3) is 3.44. The summed E-state index contributed by atoms with van der Waals surface area (Å²) in [5.41, 5.74) is -0.613. The van der Waals surface area contributed by atoms with Crippen LogP contribution in [0.2, 0.25) is 0 Å². The molecule has 3 atom stereocenters. The number of aromatic nitrogens is 1. The molecule has 0 saturated carbocycles. The van der Waals surface area contributed by atoms with Crippen molar-refractivity contribution in [3.05, 3.63) is 23.9 Å². The molecule has 1 aromatic heterocycles. The average Bonchev–Trinajstić information content (AvgIpc) is 3.03. The van der Waals surface area contributed by atoms with Crippen LogP contribution in [-0.2, 0) is 4.74 Å². The quantitative estimate of drug-likeness (QED) is 0.905. The predicted molar refractivity (Wildman–Crippen MR) is 86.1 cm³/mol. The predicted octanol–water partition coefficient (Wildman–Crippen LogP) is 3.97. The van der Waals surface area contributed by atoms with E-state index in [1.54, 1.807) is 6.07 Å². The van der Waals surface area contributed by atoms with Crippen molar-refractivity contribution in [2.75, 3.05) is 5.32 Å². The lowest BCUT2D eigenvalue weighted by molar-refractivity contribution is 0.0214. The number of hydrogen-bond donors (Lipinski definition) is 1. The largest absolute Gasteiger partial charge is 0.444 e. The van der Waals surface area contributed by atoms with Crippen molar-refractivity contribution in [3.63, 3.8) is 0 Å². The Kier molecular flexibility index (Phi) is 4.36. The zero-order valence-corrected chi connectivity index (χ0v) is 14.1. The number of alkyl halides is 2. The molecule has 0 aromatic carbocycles. The minimum Gasteiger partial charge on any atom is -0.444 e. The van der Waals surface area contributed by atoms with E-state index in [-0.39, 0.29) is 29.8 Å². The van der Waals surface area contributed by atoms with E-state index in [0.29, 0.717) is 5.82 Å². The van der Waals surface area contributed by atoms with E-state index in [1.807, 2.05) is 25.7 Å². The van der Waals surface area contributed by atoms with Crippen molar-refractivity contribution in [2.45, 2.75) is 70.2 Å². The average molecular weight is 339 g/mol. The van der Waals surface area contributed by atoms with Crippen LogP contribution in [0.4, 0.5) is 19.4 Å². The number of pyridine rings is 1. The van der Waals surface area contributed by atoms with E-state index in [1.165, 1.54) is 12.3 Å². The monoisotopic (exact) mass is 339 g/mol. The third-order valence-corrected chi connectivity index (χ3v) is 4.51. The number of ether oxygens (including phenoxy) is 1. The molecule has 0 radical (unpaired) electrons. The topological polar surface area (TPSA) is 54.5 Å². The number of carbonyl (C=O) groups excluding carboxylic acids is 1. The summed E-state index contributed by atoms with van der Waals surface area (Å²) in [6.45, 7) is 5.56. The first kappa shape index (κ1) is 16.9. The second kappa shape index (κ2) is 6.18. The molecule has 0 spiro atoms. The molecule has 3 rings (SSSR count). The third-order valence-electron chi connectivity index (χ3n) is 4.51. The minimum absolute atomic E-state index is 0.0569. The fourth-order valence-electron chi connectivity index (χ4n) is 3.55. The molecule has 1 amide bonds. The second-order valence-corrected chi connectivity index (χ2v) is 7.45. The van der Waals surface area contributed by atoms with Gasteiger partial charge in [0, 0.05) is 17.8 Å². The van der Waals surface area contributed by atoms with Gasteiger partial charge in [-0.15, -0.1) is 0 Å². The van der Waals surface area contributed by atoms with Gasteiger partial charge in [-0.2, -0.15) is 0 Å². The maximum atomic E-state index is 12.6. The van der Waals surface area contributed by atoms with Crippen LogP contribution in [0, 0.1) is 0 Å². The normalized spacial score (nSPS) is 26.1. The van der Waals surface area contributed by atoms with Gasteiger partial charge >= 0.3 is 6.09 Å². The molecule has 24 heavy (non-hydrogen) atoms. The Hall–Kier alpha value is -1.92. The highest BCUT2D eigenvalue weighted by Crippen LogP contribution is 2.39. The standard InChI is InChI=1S/C17H23F2N3O2/c1-17(2,3)24-16(23)22-11-5-6-13(22)12(8-11)21-14-7-4-10(9-20-14)15(18)19/h4,7,9,11-13,15H,5-6,8H2,1-3H3,(H,20,21)/t11-,12-,13+/m1/s1. The number of rotatable bonds is 3. The number of hydrogen-bond acceptors (Lipinski definition) is 4. The zero-order valence-electron chi connectivity index (χ0n) is 14.1. The lowest BCUT2D eigenvalue weighted by atomic mass is 9.95. The summed E-state index contributed by atoms with van der Waals surface area (Å²) >= 11 is 0. The lowest BCUT2D eigenvalue weighted by Gasteiger charge is -2.28. The van der Waals surface area contributed by atoms with Gasteiger partial charge in [-0.3, -0.25) is 0 Å². The Bertz CT molecular complexity index is 601. The highest BCUT2D eigenvalue weighted by atomic mass is 19.3. The first-order chi connectivity index (χ1) is 11.2. The maximum absolute atomic E-state index is 12.6. The van der Waals surface area contributed by atoms with E-state index < -0.39 is 12.0 Å². The molecule has 2 saturated heterocycles. The minimum atomic E-state index is -2.52. The molecule has 2 aliphatic rings. The summed E-state index contributed by atoms with van der Waals surface area (Å²) in [7, 11) is 0. The molecule has 1 aromatic rings. The van der Waals surface area contributed by atoms with Crippen LogP contribution in [0.3, 0.4) is 0 Å². The summed E-state index contributed by atoms with van der Waals surface area (Å²) in [6, 6.07) is 3.23. The van der Waals surface area contributed by atoms with Crippen LogP contribution in [0.15, 0.2) is 18.3 Å². The van der Waals surface area contributed by atoms with Gasteiger partial charge in [-0.1, -0.05) is 0 Å². The number of carbonyl (C=O) groups is 1. The van der Waals surface area contributed by atoms with Crippen LogP contribution in [0.1, 0.15) is 52.0 Å². The first-order valence-corrected chi connectivity index (χ1v) is 8.26. The summed E-state index contributed by atoms with van der Waals surface area (Å²) in [5, 5.41) is 3.28. The SMILES string of the molecule is CC(C)(C)OC(=O)N1[C@@H]2CC[C@H]1[C@H](Nc1ccc(C(F)F)cn1)C2. The Labute approximate surface area is 140 Å². The molecule has 0 aliphatic carbocycles. The van der Waals surface area contributed by atoms with E-state index >= 15 is 0 Å². The van der Waals surface area contributed by atoms with Gasteiger partial charge in [0.05, 0.1) is 12.1 Å². The Morgan fingerprint density at radius 1 is 1.38 bits per heavy atom. The van der Waals surface area contributed by atoms with Gasteiger partial charge in [0.2, 0.25) is 0 Å². The molecular weight excluding hydrogens is 316 g/mol. The van der Waals surface area contributed by atoms with Crippen molar-refractivity contribution in [2.24, 2.45) is 0 Å². The van der Waals surface area contributed by atoms with Crippen molar-refractivity contribution in [3.8, 4) is 0 Å². The van der Waals surface area contributed by atoms with Crippen molar-refractivity contribution >= 4 is 11.9 Å². The maximum Gasteiger partial charge on any atom is 0.410 e. The fourth-order valence-corrected chi connectivity index (χ4v) is 3.55. The molecule has 5 nitrogen and oxygen atoms in total. The lowest BCUT2D eigenvalue weighted by Crippen LogP contribution is -2.42. The van der Waals surface area contributed by atoms with Crippen LogP contribution < -0.4 is 5.32 Å². The number of amides is 1. The van der Waals surface area contributed by atoms with Crippen LogP contribution in [-0.4, -0.2) is 39.7 Å². The van der Waals surface area contributed by atoms with E-state index in [9.17, 15) is 13.6 Å². The first-order valence-electron chi connectivity index (χ1n) is 8.26. The number of halogens is 2. The van der Waals surface area contributed by atoms with Crippen molar-refractivity contribution in [1.82, 2.24) is 9.88 Å². The zero-order chi connectivity index (χ0) is 17.5. The fraction of sp³-hybridized carbons (Fsp3) is 0.647. The molecule has 1 N–H and O–H groups in total. The van der Waals surface area contributed by atoms with Gasteiger partial charge in [0.25, 0.3) is 6.43 Å². The Morgan fingerprint density at radius 2 is 2.12 bits per heavy atom. The van der Waals surface area contributed by atoms with Crippen LogP contribution in [0.5, 0.6) is 0 Å². The molecule has 2 aliphatic heterocycles. The molecule has 2 fully saturated rings. The number of nitrogens with one attached hydrogen (secondary N) is 1. The molecule has 132 valence electrons. The number of fused-ring (bicyclic) bond motifs is 2. The summed E-state index contributed by atoms with van der Waals surface area (Å²) < 4.78 is 30.7. The highest BCUT2D eigenvalue weighted by Gasteiger charge is 2.50. The van der Waals surface area contributed by atoms with Gasteiger partial charge < -0.3 is 15.0 Å². The molecule has 2 bridgehead atoms. The van der Waals surface area contributed by atoms with Gasteiger partial charge in [0.15, 0.2) is 0 Å². The van der Waals surface area contributed by atoms with Gasteiger partial charge in [0.1, 0.15) is 11.4 Å². The van der Waals surface area contributed by atoms with E-state index in [4.69, 9.17) is 4.74 Å². The number of anilines is 1. The second-order valence-electron chi connectivity index (χ2n) is 7.45. The Morgan fingerprint density at radius 3 is 2.71 bits per heavy atom. The Balaban J connectivity index is 1.66. The van der Waals surface area contributed by atoms with E-state index in [0.717, 1.165) is 19.3 Å². The molecule has 3 heterocycles. The highest BCUT2D eigenvalue weighted by molar-refractivity contribution is 5.70. The van der Waals surface area contributed by atoms with Gasteiger partial charge in [-0.05, 0) is 52.2 Å². The smallest absolute Gasteiger partial charge is 0.410 e. The van der Waals surface area contributed by atoms with Crippen LogP contribution in [0.25, 0.3) is 0 Å². The number of nitrogens with zero attached hydrogens (tertiary/aromatic N) is 2. The summed E-state index contributed by atoms with van der Waals surface area (Å²) in [6.07, 6.45) is 1.10. The summed E-state index contributed by atoms with van der Waals surface area (Å²) in [4.78, 5) is 18.3. The molecule has 0 unspecified atom stereocenters. The van der Waals surface area contributed by atoms with Crippen molar-refractivity contribution in [1.29, 1.82) is 0 Å². The van der Waals surface area contributed by atoms with Gasteiger partial charge in [-0.25, -0.2) is 18.6 Å². The van der Waals surface area contributed by atoms with Crippen molar-refractivity contribution < 1.29 is 18.3 Å². The van der Waals surface area contributed by atoms with Crippen LogP contribution >= 0.6 is 0 Å².